The molecule has 0 aromatic heterocycles. The van der Waals surface area contributed by atoms with E-state index >= 15 is 0 Å². The number of esters is 1. The number of ether oxygens (including phenoxy) is 3. The maximum atomic E-state index is 12.8. The predicted octanol–water partition coefficient (Wildman–Crippen LogP) is 3.82. The molecule has 0 saturated carbocycles. The van der Waals surface area contributed by atoms with E-state index in [1.807, 2.05) is 6.07 Å². The molecule has 33 heavy (non-hydrogen) atoms. The zero-order valence-corrected chi connectivity index (χ0v) is 19.3. The van der Waals surface area contributed by atoms with E-state index in [-0.39, 0.29) is 31.6 Å². The Hall–Kier alpha value is -3.37. The molecule has 2 heterocycles. The molecule has 1 N–H and O–H groups in total. The Morgan fingerprint density at radius 3 is 2.70 bits per heavy atom. The Labute approximate surface area is 199 Å². The molecule has 2 amide bonds. The summed E-state index contributed by atoms with van der Waals surface area (Å²) in [6, 6.07) is 11.8. The predicted molar refractivity (Wildman–Crippen MR) is 128 cm³/mol. The smallest absolute Gasteiger partial charge is 0.338 e. The third kappa shape index (κ3) is 5.35. The van der Waals surface area contributed by atoms with E-state index < -0.39 is 5.97 Å². The van der Waals surface area contributed by atoms with E-state index in [0.717, 1.165) is 5.56 Å². The maximum Gasteiger partial charge on any atom is 0.338 e. The fraction of sp³-hybridized carbons (Fsp3) is 0.217. The molecular formula is C23H20N2O6S2. The molecule has 2 aliphatic rings. The van der Waals surface area contributed by atoms with Crippen LogP contribution in [0.4, 0.5) is 5.69 Å². The largest absolute Gasteiger partial charge is 0.462 e. The molecule has 0 atom stereocenters. The van der Waals surface area contributed by atoms with Gasteiger partial charge in [-0.3, -0.25) is 14.5 Å². The van der Waals surface area contributed by atoms with Crippen LogP contribution in [0, 0.1) is 0 Å². The van der Waals surface area contributed by atoms with Crippen LogP contribution in [0.2, 0.25) is 0 Å². The molecule has 0 bridgehead atoms. The fourth-order valence-corrected chi connectivity index (χ4v) is 4.50. The molecule has 2 aromatic carbocycles. The minimum atomic E-state index is -0.418. The van der Waals surface area contributed by atoms with Gasteiger partial charge < -0.3 is 19.5 Å². The molecule has 2 aromatic rings. The summed E-state index contributed by atoms with van der Waals surface area (Å²) < 4.78 is 16.0. The second kappa shape index (κ2) is 10.1. The summed E-state index contributed by atoms with van der Waals surface area (Å²) in [5.74, 6) is 0.368. The van der Waals surface area contributed by atoms with Gasteiger partial charge in [-0.05, 0) is 55.0 Å². The average Bonchev–Trinajstić information content (AvgIpc) is 3.37. The molecule has 8 nitrogen and oxygen atoms in total. The molecule has 4 rings (SSSR count). The number of carbonyl (C=O) groups excluding carboxylic acids is 3. The van der Waals surface area contributed by atoms with Crippen LogP contribution in [0.15, 0.2) is 47.4 Å². The second-order valence-corrected chi connectivity index (χ2v) is 8.72. The number of anilines is 1. The summed E-state index contributed by atoms with van der Waals surface area (Å²) in [6.07, 6.45) is 1.82. The van der Waals surface area contributed by atoms with Gasteiger partial charge in [-0.2, -0.15) is 0 Å². The zero-order valence-electron chi connectivity index (χ0n) is 17.7. The third-order valence-electron chi connectivity index (χ3n) is 4.81. The lowest BCUT2D eigenvalue weighted by Gasteiger charge is -2.14. The highest BCUT2D eigenvalue weighted by Gasteiger charge is 2.32. The standard InChI is InChI=1S/C23H20N2O6S2/c1-2-29-22(28)15-4-6-16(7-5-15)24-20(26)9-10-25-21(27)19(33-23(25)32)12-14-3-8-17-18(11-14)31-13-30-17/h3-8,11-12H,2,9-10,13H2,1H3,(H,24,26)/b19-12-. The highest BCUT2D eigenvalue weighted by Crippen LogP contribution is 2.36. The minimum Gasteiger partial charge on any atom is -0.462 e. The van der Waals surface area contributed by atoms with Gasteiger partial charge in [0.2, 0.25) is 12.7 Å². The summed E-state index contributed by atoms with van der Waals surface area (Å²) >= 11 is 6.53. The zero-order chi connectivity index (χ0) is 23.4. The number of nitrogens with one attached hydrogen (secondary N) is 1. The van der Waals surface area contributed by atoms with Gasteiger partial charge in [0.15, 0.2) is 11.5 Å². The first-order valence-electron chi connectivity index (χ1n) is 10.2. The number of amides is 2. The number of hydrogen-bond donors (Lipinski definition) is 1. The second-order valence-electron chi connectivity index (χ2n) is 7.04. The van der Waals surface area contributed by atoms with Gasteiger partial charge >= 0.3 is 5.97 Å². The van der Waals surface area contributed by atoms with Crippen molar-refractivity contribution in [1.29, 1.82) is 0 Å². The van der Waals surface area contributed by atoms with Gasteiger partial charge in [0.05, 0.1) is 17.1 Å². The quantitative estimate of drug-likeness (QED) is 0.360. The van der Waals surface area contributed by atoms with Crippen LogP contribution in [0.5, 0.6) is 11.5 Å². The molecule has 0 unspecified atom stereocenters. The number of fused-ring (bicyclic) bond motifs is 1. The van der Waals surface area contributed by atoms with E-state index in [1.54, 1.807) is 49.4 Å². The average molecular weight is 485 g/mol. The lowest BCUT2D eigenvalue weighted by atomic mass is 10.2. The van der Waals surface area contributed by atoms with E-state index in [2.05, 4.69) is 5.32 Å². The normalized spacial score (nSPS) is 15.8. The molecule has 0 radical (unpaired) electrons. The first-order valence-corrected chi connectivity index (χ1v) is 11.4. The molecule has 0 aliphatic carbocycles. The molecule has 10 heteroatoms. The number of thiocarbonyl (C=S) groups is 1. The molecule has 1 saturated heterocycles. The summed E-state index contributed by atoms with van der Waals surface area (Å²) in [4.78, 5) is 38.8. The Morgan fingerprint density at radius 1 is 1.18 bits per heavy atom. The fourth-order valence-electron chi connectivity index (χ4n) is 3.19. The van der Waals surface area contributed by atoms with Crippen LogP contribution >= 0.6 is 24.0 Å². The Bertz CT molecular complexity index is 1150. The number of rotatable bonds is 7. The van der Waals surface area contributed by atoms with Crippen molar-refractivity contribution in [3.63, 3.8) is 0 Å². The minimum absolute atomic E-state index is 0.0728. The van der Waals surface area contributed by atoms with Crippen LogP contribution in [0.25, 0.3) is 6.08 Å². The topological polar surface area (TPSA) is 94.2 Å². The van der Waals surface area contributed by atoms with Crippen molar-refractivity contribution < 1.29 is 28.6 Å². The van der Waals surface area contributed by atoms with Crippen molar-refractivity contribution in [2.75, 3.05) is 25.3 Å². The van der Waals surface area contributed by atoms with Crippen molar-refractivity contribution in [3.8, 4) is 11.5 Å². The number of hydrogen-bond acceptors (Lipinski definition) is 8. The van der Waals surface area contributed by atoms with Gasteiger partial charge in [-0.15, -0.1) is 0 Å². The molecule has 0 spiro atoms. The van der Waals surface area contributed by atoms with Crippen LogP contribution in [0.1, 0.15) is 29.3 Å². The lowest BCUT2D eigenvalue weighted by Crippen LogP contribution is -2.31. The van der Waals surface area contributed by atoms with E-state index in [0.29, 0.717) is 38.6 Å². The monoisotopic (exact) mass is 484 g/mol. The first kappa shape index (κ1) is 22.8. The summed E-state index contributed by atoms with van der Waals surface area (Å²) in [7, 11) is 0. The van der Waals surface area contributed by atoms with E-state index in [1.165, 1.54) is 16.7 Å². The summed E-state index contributed by atoms with van der Waals surface area (Å²) in [5, 5.41) is 2.75. The highest BCUT2D eigenvalue weighted by molar-refractivity contribution is 8.26. The van der Waals surface area contributed by atoms with Gasteiger partial charge in [0, 0.05) is 18.7 Å². The molecular weight excluding hydrogens is 464 g/mol. The van der Waals surface area contributed by atoms with Gasteiger partial charge in [0.25, 0.3) is 5.91 Å². The molecule has 1 fully saturated rings. The molecule has 170 valence electrons. The summed E-state index contributed by atoms with van der Waals surface area (Å²) in [5.41, 5.74) is 1.74. The number of carbonyl (C=O) groups is 3. The number of thioether (sulfide) groups is 1. The van der Waals surface area contributed by atoms with Crippen LogP contribution in [0.3, 0.4) is 0 Å². The Morgan fingerprint density at radius 2 is 1.94 bits per heavy atom. The number of benzene rings is 2. The Balaban J connectivity index is 1.32. The molecule has 2 aliphatic heterocycles. The van der Waals surface area contributed by atoms with Crippen molar-refractivity contribution in [1.82, 2.24) is 4.90 Å². The van der Waals surface area contributed by atoms with Crippen LogP contribution in [-0.2, 0) is 14.3 Å². The highest BCUT2D eigenvalue weighted by atomic mass is 32.2. The SMILES string of the molecule is CCOC(=O)c1ccc(NC(=O)CCN2C(=O)/C(=C/c3ccc4c(c3)OCO4)SC2=S)cc1. The van der Waals surface area contributed by atoms with Crippen LogP contribution in [-0.4, -0.2) is 46.9 Å². The van der Waals surface area contributed by atoms with E-state index in [4.69, 9.17) is 26.4 Å². The van der Waals surface area contributed by atoms with Crippen molar-refractivity contribution in [2.24, 2.45) is 0 Å². The lowest BCUT2D eigenvalue weighted by molar-refractivity contribution is -0.122. The number of nitrogens with zero attached hydrogens (tertiary/aromatic N) is 1. The van der Waals surface area contributed by atoms with Gasteiger partial charge in [0.1, 0.15) is 4.32 Å². The Kier molecular flexibility index (Phi) is 6.95. The third-order valence-corrected chi connectivity index (χ3v) is 6.19. The first-order chi connectivity index (χ1) is 15.9. The van der Waals surface area contributed by atoms with Gasteiger partial charge in [-0.1, -0.05) is 30.0 Å². The van der Waals surface area contributed by atoms with Gasteiger partial charge in [-0.25, -0.2) is 4.79 Å². The van der Waals surface area contributed by atoms with Crippen molar-refractivity contribution in [2.45, 2.75) is 13.3 Å². The maximum absolute atomic E-state index is 12.8. The summed E-state index contributed by atoms with van der Waals surface area (Å²) in [6.45, 7) is 2.37. The van der Waals surface area contributed by atoms with Crippen molar-refractivity contribution >= 4 is 57.8 Å². The van der Waals surface area contributed by atoms with Crippen molar-refractivity contribution in [3.05, 3.63) is 58.5 Å². The van der Waals surface area contributed by atoms with Crippen LogP contribution < -0.4 is 14.8 Å². The van der Waals surface area contributed by atoms with E-state index in [9.17, 15) is 14.4 Å².